The molecule has 112 valence electrons. The number of carbonyl (C=O) groups is 2. The summed E-state index contributed by atoms with van der Waals surface area (Å²) in [5, 5.41) is 15.7. The lowest BCUT2D eigenvalue weighted by atomic mass is 10.1. The normalized spacial score (nSPS) is 19.3. The summed E-state index contributed by atoms with van der Waals surface area (Å²) in [6.45, 7) is 0. The average Bonchev–Trinajstić information content (AvgIpc) is 2.84. The van der Waals surface area contributed by atoms with Crippen LogP contribution in [-0.4, -0.2) is 23.5 Å². The number of fused-ring (bicyclic) bond motifs is 1. The quantitative estimate of drug-likeness (QED) is 0.751. The highest BCUT2D eigenvalue weighted by molar-refractivity contribution is 5.94. The van der Waals surface area contributed by atoms with E-state index >= 15 is 0 Å². The molecular weight excluding hydrogens is 280 g/mol. The van der Waals surface area contributed by atoms with Crippen molar-refractivity contribution >= 4 is 18.0 Å². The van der Waals surface area contributed by atoms with Gasteiger partial charge in [-0.15, -0.1) is 0 Å². The fraction of sp³-hybridized carbons (Fsp3) is 0.176. The van der Waals surface area contributed by atoms with Crippen molar-refractivity contribution in [2.24, 2.45) is 0 Å². The van der Waals surface area contributed by atoms with E-state index in [1.807, 2.05) is 12.1 Å². The van der Waals surface area contributed by atoms with Crippen LogP contribution in [0.25, 0.3) is 0 Å². The SMILES string of the molecule is O=CNc1ccc2c(c1)[C@@H](NC(=O)c1ccccc1)[C@H](O)C2. The van der Waals surface area contributed by atoms with Gasteiger partial charge in [-0.3, -0.25) is 9.59 Å². The molecule has 0 unspecified atom stereocenters. The van der Waals surface area contributed by atoms with E-state index in [0.29, 0.717) is 24.1 Å². The van der Waals surface area contributed by atoms with E-state index in [9.17, 15) is 14.7 Å². The van der Waals surface area contributed by atoms with E-state index in [0.717, 1.165) is 11.1 Å². The second-order valence-corrected chi connectivity index (χ2v) is 5.26. The van der Waals surface area contributed by atoms with Crippen molar-refractivity contribution in [1.29, 1.82) is 0 Å². The first kappa shape index (κ1) is 14.3. The molecule has 2 aromatic rings. The summed E-state index contributed by atoms with van der Waals surface area (Å²) >= 11 is 0. The highest BCUT2D eigenvalue weighted by atomic mass is 16.3. The molecule has 5 nitrogen and oxygen atoms in total. The number of aliphatic hydroxyl groups is 1. The van der Waals surface area contributed by atoms with Crippen LogP contribution in [0.5, 0.6) is 0 Å². The molecule has 0 fully saturated rings. The van der Waals surface area contributed by atoms with Crippen LogP contribution in [0, 0.1) is 0 Å². The predicted molar refractivity (Wildman–Crippen MR) is 82.5 cm³/mol. The summed E-state index contributed by atoms with van der Waals surface area (Å²) in [7, 11) is 0. The zero-order valence-electron chi connectivity index (χ0n) is 11.8. The minimum absolute atomic E-state index is 0.230. The van der Waals surface area contributed by atoms with Crippen LogP contribution in [0.4, 0.5) is 5.69 Å². The number of benzene rings is 2. The molecule has 2 atom stereocenters. The van der Waals surface area contributed by atoms with Crippen LogP contribution in [0.2, 0.25) is 0 Å². The van der Waals surface area contributed by atoms with Crippen LogP contribution in [0.3, 0.4) is 0 Å². The van der Waals surface area contributed by atoms with E-state index in [2.05, 4.69) is 10.6 Å². The maximum absolute atomic E-state index is 12.3. The Balaban J connectivity index is 1.85. The third-order valence-corrected chi connectivity index (χ3v) is 3.84. The Morgan fingerprint density at radius 3 is 2.68 bits per heavy atom. The summed E-state index contributed by atoms with van der Waals surface area (Å²) < 4.78 is 0. The molecule has 0 saturated heterocycles. The lowest BCUT2D eigenvalue weighted by Crippen LogP contribution is -2.33. The van der Waals surface area contributed by atoms with Crippen molar-refractivity contribution in [2.45, 2.75) is 18.6 Å². The number of hydrogen-bond acceptors (Lipinski definition) is 3. The van der Waals surface area contributed by atoms with Crippen LogP contribution in [0.1, 0.15) is 27.5 Å². The molecule has 3 rings (SSSR count). The Kier molecular flexibility index (Phi) is 3.89. The van der Waals surface area contributed by atoms with Crippen molar-refractivity contribution < 1.29 is 14.7 Å². The number of hydrogen-bond donors (Lipinski definition) is 3. The van der Waals surface area contributed by atoms with Crippen LogP contribution >= 0.6 is 0 Å². The zero-order chi connectivity index (χ0) is 15.5. The molecule has 0 spiro atoms. The molecule has 0 heterocycles. The second-order valence-electron chi connectivity index (χ2n) is 5.26. The summed E-state index contributed by atoms with van der Waals surface area (Å²) in [6, 6.07) is 13.8. The second kappa shape index (κ2) is 5.99. The van der Waals surface area contributed by atoms with Gasteiger partial charge in [0, 0.05) is 17.7 Å². The van der Waals surface area contributed by atoms with Gasteiger partial charge in [0.15, 0.2) is 0 Å². The number of carbonyl (C=O) groups excluding carboxylic acids is 2. The Labute approximate surface area is 128 Å². The van der Waals surface area contributed by atoms with Gasteiger partial charge < -0.3 is 15.7 Å². The molecule has 0 bridgehead atoms. The average molecular weight is 296 g/mol. The van der Waals surface area contributed by atoms with Crippen molar-refractivity contribution in [3.8, 4) is 0 Å². The van der Waals surface area contributed by atoms with Crippen molar-refractivity contribution in [3.63, 3.8) is 0 Å². The van der Waals surface area contributed by atoms with Gasteiger partial charge in [-0.1, -0.05) is 24.3 Å². The fourth-order valence-corrected chi connectivity index (χ4v) is 2.77. The minimum atomic E-state index is -0.672. The molecule has 5 heteroatoms. The van der Waals surface area contributed by atoms with E-state index in [-0.39, 0.29) is 5.91 Å². The van der Waals surface area contributed by atoms with Crippen LogP contribution in [0.15, 0.2) is 48.5 Å². The number of nitrogens with one attached hydrogen (secondary N) is 2. The van der Waals surface area contributed by atoms with Crippen molar-refractivity contribution in [2.75, 3.05) is 5.32 Å². The van der Waals surface area contributed by atoms with E-state index in [1.165, 1.54) is 0 Å². The number of rotatable bonds is 4. The molecule has 1 aliphatic carbocycles. The van der Waals surface area contributed by atoms with Gasteiger partial charge in [0.05, 0.1) is 12.1 Å². The van der Waals surface area contributed by atoms with Gasteiger partial charge in [0.1, 0.15) is 0 Å². The Hall–Kier alpha value is -2.66. The third-order valence-electron chi connectivity index (χ3n) is 3.84. The van der Waals surface area contributed by atoms with Crippen molar-refractivity contribution in [3.05, 3.63) is 65.2 Å². The van der Waals surface area contributed by atoms with Gasteiger partial charge in [-0.25, -0.2) is 0 Å². The Morgan fingerprint density at radius 2 is 1.95 bits per heavy atom. The van der Waals surface area contributed by atoms with Gasteiger partial charge in [0.2, 0.25) is 6.41 Å². The molecule has 2 amide bonds. The molecule has 0 aliphatic heterocycles. The summed E-state index contributed by atoms with van der Waals surface area (Å²) in [4.78, 5) is 22.8. The Morgan fingerprint density at radius 1 is 1.18 bits per heavy atom. The van der Waals surface area contributed by atoms with Gasteiger partial charge >= 0.3 is 0 Å². The molecule has 2 aromatic carbocycles. The molecule has 22 heavy (non-hydrogen) atoms. The summed E-state index contributed by atoms with van der Waals surface area (Å²) in [6.07, 6.45) is 0.412. The fourth-order valence-electron chi connectivity index (χ4n) is 2.77. The first-order valence-electron chi connectivity index (χ1n) is 7.06. The first-order valence-corrected chi connectivity index (χ1v) is 7.06. The van der Waals surface area contributed by atoms with Gasteiger partial charge in [0.25, 0.3) is 5.91 Å². The van der Waals surface area contributed by atoms with Crippen LogP contribution < -0.4 is 10.6 Å². The largest absolute Gasteiger partial charge is 0.390 e. The first-order chi connectivity index (χ1) is 10.7. The molecule has 0 radical (unpaired) electrons. The topological polar surface area (TPSA) is 78.4 Å². The maximum Gasteiger partial charge on any atom is 0.251 e. The lowest BCUT2D eigenvalue weighted by molar-refractivity contribution is -0.105. The van der Waals surface area contributed by atoms with Gasteiger partial charge in [-0.2, -0.15) is 0 Å². The molecular formula is C17H16N2O3. The summed E-state index contributed by atoms with van der Waals surface area (Å²) in [5.74, 6) is -0.230. The smallest absolute Gasteiger partial charge is 0.251 e. The standard InChI is InChI=1S/C17H16N2O3/c20-10-18-13-7-6-12-8-15(21)16(14(12)9-13)19-17(22)11-4-2-1-3-5-11/h1-7,9-10,15-16,21H,8H2,(H,18,20)(H,19,22)/t15-,16-/m1/s1. The molecule has 3 N–H and O–H groups in total. The van der Waals surface area contributed by atoms with Gasteiger partial charge in [-0.05, 0) is 35.4 Å². The zero-order valence-corrected chi connectivity index (χ0v) is 11.8. The molecule has 1 aliphatic rings. The lowest BCUT2D eigenvalue weighted by Gasteiger charge is -2.18. The minimum Gasteiger partial charge on any atom is -0.390 e. The monoisotopic (exact) mass is 296 g/mol. The maximum atomic E-state index is 12.3. The van der Waals surface area contributed by atoms with Crippen molar-refractivity contribution in [1.82, 2.24) is 5.32 Å². The predicted octanol–water partition coefficient (Wildman–Crippen LogP) is 1.64. The van der Waals surface area contributed by atoms with E-state index in [4.69, 9.17) is 0 Å². The molecule has 0 saturated carbocycles. The Bertz CT molecular complexity index is 700. The van der Waals surface area contributed by atoms with E-state index < -0.39 is 12.1 Å². The number of aliphatic hydroxyl groups excluding tert-OH is 1. The highest BCUT2D eigenvalue weighted by Crippen LogP contribution is 2.33. The van der Waals surface area contributed by atoms with Crippen LogP contribution in [-0.2, 0) is 11.2 Å². The third kappa shape index (κ3) is 2.71. The summed E-state index contributed by atoms with van der Waals surface area (Å²) in [5.41, 5.74) is 3.00. The molecule has 0 aromatic heterocycles. The highest BCUT2D eigenvalue weighted by Gasteiger charge is 2.32. The number of anilines is 1. The number of amides is 2. The van der Waals surface area contributed by atoms with E-state index in [1.54, 1.807) is 36.4 Å².